The van der Waals surface area contributed by atoms with E-state index in [0.29, 0.717) is 12.6 Å². The van der Waals surface area contributed by atoms with Gasteiger partial charge in [-0.05, 0) is 25.0 Å². The summed E-state index contributed by atoms with van der Waals surface area (Å²) in [5, 5.41) is 0. The summed E-state index contributed by atoms with van der Waals surface area (Å²) >= 11 is 7.63. The third kappa shape index (κ3) is 3.42. The van der Waals surface area contributed by atoms with Crippen molar-refractivity contribution in [1.82, 2.24) is 4.90 Å². The molecule has 0 aromatic carbocycles. The zero-order valence-corrected chi connectivity index (χ0v) is 11.6. The molecule has 0 amide bonds. The van der Waals surface area contributed by atoms with E-state index in [9.17, 15) is 0 Å². The number of rotatable bonds is 7. The fourth-order valence-electron chi connectivity index (χ4n) is 2.12. The average Bonchev–Trinajstić information content (AvgIpc) is 3.08. The Morgan fingerprint density at radius 3 is 2.82 bits per heavy atom. The maximum absolute atomic E-state index is 6.00. The summed E-state index contributed by atoms with van der Waals surface area (Å²) < 4.78 is 6.02. The van der Waals surface area contributed by atoms with Gasteiger partial charge in [0.2, 0.25) is 0 Å². The Balaban J connectivity index is 2.08. The van der Waals surface area contributed by atoms with Crippen LogP contribution in [0, 0.1) is 0 Å². The number of methoxy groups -OCH3 is 1. The second-order valence-electron chi connectivity index (χ2n) is 4.36. The number of nitrogens with zero attached hydrogens (tertiary/aromatic N) is 1. The van der Waals surface area contributed by atoms with Gasteiger partial charge in [0.25, 0.3) is 0 Å². The van der Waals surface area contributed by atoms with E-state index in [1.807, 2.05) is 6.07 Å². The third-order valence-electron chi connectivity index (χ3n) is 3.12. The molecule has 1 heterocycles. The van der Waals surface area contributed by atoms with E-state index >= 15 is 0 Å². The fraction of sp³-hybridized carbons (Fsp3) is 0.667. The van der Waals surface area contributed by atoms with Crippen LogP contribution in [0.25, 0.3) is 0 Å². The first-order chi connectivity index (χ1) is 8.26. The summed E-state index contributed by atoms with van der Waals surface area (Å²) in [4.78, 5) is 3.73. The molecule has 0 spiro atoms. The van der Waals surface area contributed by atoms with Crippen LogP contribution in [0.3, 0.4) is 0 Å². The highest BCUT2D eigenvalue weighted by Crippen LogP contribution is 2.36. The number of hydrogen-bond donors (Lipinski definition) is 1. The van der Waals surface area contributed by atoms with Gasteiger partial charge in [0, 0.05) is 31.1 Å². The lowest BCUT2D eigenvalue weighted by Gasteiger charge is -2.30. The van der Waals surface area contributed by atoms with Crippen LogP contribution in [-0.4, -0.2) is 37.7 Å². The summed E-state index contributed by atoms with van der Waals surface area (Å²) in [7, 11) is 1.74. The smallest absolute Gasteiger partial charge is 0.0931 e. The van der Waals surface area contributed by atoms with Crippen molar-refractivity contribution in [3.8, 4) is 0 Å². The highest BCUT2D eigenvalue weighted by atomic mass is 35.5. The maximum Gasteiger partial charge on any atom is 0.0931 e. The van der Waals surface area contributed by atoms with Crippen molar-refractivity contribution in [2.45, 2.75) is 24.9 Å². The first-order valence-corrected chi connectivity index (χ1v) is 7.15. The molecule has 96 valence electrons. The molecular formula is C12H19ClN2OS. The van der Waals surface area contributed by atoms with Crippen LogP contribution in [-0.2, 0) is 4.74 Å². The Morgan fingerprint density at radius 2 is 2.35 bits per heavy atom. The van der Waals surface area contributed by atoms with Gasteiger partial charge in [-0.2, -0.15) is 0 Å². The summed E-state index contributed by atoms with van der Waals surface area (Å²) in [5.41, 5.74) is 5.93. The molecular weight excluding hydrogens is 256 g/mol. The second kappa shape index (κ2) is 6.16. The van der Waals surface area contributed by atoms with Gasteiger partial charge in [-0.15, -0.1) is 11.3 Å². The predicted octanol–water partition coefficient (Wildman–Crippen LogP) is 2.51. The number of ether oxygens (including phenoxy) is 1. The average molecular weight is 275 g/mol. The molecule has 1 aromatic rings. The van der Waals surface area contributed by atoms with Crippen molar-refractivity contribution in [3.63, 3.8) is 0 Å². The Labute approximate surface area is 112 Å². The molecule has 2 N–H and O–H groups in total. The molecule has 2 rings (SSSR count). The van der Waals surface area contributed by atoms with Gasteiger partial charge < -0.3 is 10.5 Å². The summed E-state index contributed by atoms with van der Waals surface area (Å²) in [5.74, 6) is 0. The Kier molecular flexibility index (Phi) is 4.82. The summed E-state index contributed by atoms with van der Waals surface area (Å²) in [6, 6.07) is 5.01. The normalized spacial score (nSPS) is 17.6. The van der Waals surface area contributed by atoms with Crippen LogP contribution >= 0.6 is 22.9 Å². The minimum atomic E-state index is 0.287. The standard InChI is InChI=1S/C12H19ClN2OS/c1-16-7-6-15(9-2-3-9)10(8-14)11-4-5-12(13)17-11/h4-5,9-10H,2-3,6-8,14H2,1H3. The fourth-order valence-corrected chi connectivity index (χ4v) is 3.31. The van der Waals surface area contributed by atoms with Crippen LogP contribution in [0.15, 0.2) is 12.1 Å². The quantitative estimate of drug-likeness (QED) is 0.830. The van der Waals surface area contributed by atoms with E-state index in [0.717, 1.165) is 17.5 Å². The second-order valence-corrected chi connectivity index (χ2v) is 6.10. The van der Waals surface area contributed by atoms with Crippen LogP contribution in [0.5, 0.6) is 0 Å². The maximum atomic E-state index is 6.00. The number of hydrogen-bond acceptors (Lipinski definition) is 4. The van der Waals surface area contributed by atoms with E-state index in [1.54, 1.807) is 18.4 Å². The molecule has 1 aromatic heterocycles. The first-order valence-electron chi connectivity index (χ1n) is 5.96. The van der Waals surface area contributed by atoms with E-state index in [2.05, 4.69) is 11.0 Å². The van der Waals surface area contributed by atoms with Gasteiger partial charge >= 0.3 is 0 Å². The van der Waals surface area contributed by atoms with Gasteiger partial charge in [0.15, 0.2) is 0 Å². The van der Waals surface area contributed by atoms with E-state index in [1.165, 1.54) is 17.7 Å². The number of halogens is 1. The highest BCUT2D eigenvalue weighted by Gasteiger charge is 2.34. The molecule has 0 aliphatic heterocycles. The van der Waals surface area contributed by atoms with Crippen LogP contribution in [0.1, 0.15) is 23.8 Å². The lowest BCUT2D eigenvalue weighted by atomic mass is 10.2. The van der Waals surface area contributed by atoms with Crippen molar-refractivity contribution < 1.29 is 4.74 Å². The zero-order chi connectivity index (χ0) is 12.3. The molecule has 1 atom stereocenters. The van der Waals surface area contributed by atoms with E-state index < -0.39 is 0 Å². The van der Waals surface area contributed by atoms with Gasteiger partial charge in [-0.25, -0.2) is 0 Å². The van der Waals surface area contributed by atoms with Crippen molar-refractivity contribution in [1.29, 1.82) is 0 Å². The molecule has 1 fully saturated rings. The monoisotopic (exact) mass is 274 g/mol. The van der Waals surface area contributed by atoms with Gasteiger partial charge in [-0.1, -0.05) is 11.6 Å². The molecule has 5 heteroatoms. The van der Waals surface area contributed by atoms with Crippen molar-refractivity contribution in [2.75, 3.05) is 26.8 Å². The van der Waals surface area contributed by atoms with Crippen molar-refractivity contribution in [3.05, 3.63) is 21.3 Å². The number of thiophene rings is 1. The Bertz CT molecular complexity index is 354. The van der Waals surface area contributed by atoms with Crippen LogP contribution in [0.2, 0.25) is 4.34 Å². The molecule has 17 heavy (non-hydrogen) atoms. The van der Waals surface area contributed by atoms with Crippen molar-refractivity contribution in [2.24, 2.45) is 5.73 Å². The molecule has 3 nitrogen and oxygen atoms in total. The van der Waals surface area contributed by atoms with E-state index in [4.69, 9.17) is 22.1 Å². The summed E-state index contributed by atoms with van der Waals surface area (Å²) in [6.45, 7) is 2.34. The Morgan fingerprint density at radius 1 is 1.59 bits per heavy atom. The molecule has 0 radical (unpaired) electrons. The minimum absolute atomic E-state index is 0.287. The molecule has 1 aliphatic carbocycles. The van der Waals surface area contributed by atoms with Gasteiger partial charge in [0.05, 0.1) is 17.0 Å². The lowest BCUT2D eigenvalue weighted by Crippen LogP contribution is -2.37. The predicted molar refractivity (Wildman–Crippen MR) is 72.7 cm³/mol. The van der Waals surface area contributed by atoms with Crippen LogP contribution < -0.4 is 5.73 Å². The molecule has 0 saturated heterocycles. The lowest BCUT2D eigenvalue weighted by molar-refractivity contribution is 0.117. The molecule has 1 saturated carbocycles. The van der Waals surface area contributed by atoms with E-state index in [-0.39, 0.29) is 6.04 Å². The zero-order valence-electron chi connectivity index (χ0n) is 10.1. The Hall–Kier alpha value is -0.130. The van der Waals surface area contributed by atoms with Crippen LogP contribution in [0.4, 0.5) is 0 Å². The third-order valence-corrected chi connectivity index (χ3v) is 4.45. The van der Waals surface area contributed by atoms with Crippen molar-refractivity contribution >= 4 is 22.9 Å². The molecule has 0 bridgehead atoms. The SMILES string of the molecule is COCCN(C1CC1)C(CN)c1ccc(Cl)s1. The topological polar surface area (TPSA) is 38.5 Å². The summed E-state index contributed by atoms with van der Waals surface area (Å²) in [6.07, 6.45) is 2.55. The number of nitrogens with two attached hydrogens (primary N) is 1. The van der Waals surface area contributed by atoms with Gasteiger partial charge in [-0.3, -0.25) is 4.90 Å². The first kappa shape index (κ1) is 13.3. The van der Waals surface area contributed by atoms with Gasteiger partial charge in [0.1, 0.15) is 0 Å². The minimum Gasteiger partial charge on any atom is -0.383 e. The molecule has 1 aliphatic rings. The highest BCUT2D eigenvalue weighted by molar-refractivity contribution is 7.16. The largest absolute Gasteiger partial charge is 0.383 e. The molecule has 1 unspecified atom stereocenters.